The molecule has 3 atom stereocenters. The SMILES string of the molecule is CNC1CCC(C)CC1Oc1cccc(C(C)(C)C)c1. The number of hydrogen-bond acceptors (Lipinski definition) is 2. The minimum Gasteiger partial charge on any atom is -0.489 e. The monoisotopic (exact) mass is 275 g/mol. The molecule has 1 fully saturated rings. The molecule has 2 rings (SSSR count). The summed E-state index contributed by atoms with van der Waals surface area (Å²) in [6.07, 6.45) is 3.94. The molecule has 1 aromatic rings. The highest BCUT2D eigenvalue weighted by Crippen LogP contribution is 2.30. The summed E-state index contributed by atoms with van der Waals surface area (Å²) in [5.41, 5.74) is 1.50. The van der Waals surface area contributed by atoms with Gasteiger partial charge in [-0.1, -0.05) is 39.8 Å². The Kier molecular flexibility index (Phi) is 4.74. The molecule has 0 heterocycles. The average Bonchev–Trinajstić information content (AvgIpc) is 2.38. The van der Waals surface area contributed by atoms with Crippen LogP contribution in [0.5, 0.6) is 5.75 Å². The Hall–Kier alpha value is -1.02. The van der Waals surface area contributed by atoms with E-state index >= 15 is 0 Å². The van der Waals surface area contributed by atoms with Gasteiger partial charge >= 0.3 is 0 Å². The van der Waals surface area contributed by atoms with Crippen molar-refractivity contribution in [1.82, 2.24) is 5.32 Å². The molecule has 3 unspecified atom stereocenters. The summed E-state index contributed by atoms with van der Waals surface area (Å²) >= 11 is 0. The van der Waals surface area contributed by atoms with Gasteiger partial charge in [0.2, 0.25) is 0 Å². The number of ether oxygens (including phenoxy) is 1. The Bertz CT molecular complexity index is 435. The van der Waals surface area contributed by atoms with Crippen molar-refractivity contribution in [2.45, 2.75) is 64.5 Å². The lowest BCUT2D eigenvalue weighted by molar-refractivity contribution is 0.0942. The summed E-state index contributed by atoms with van der Waals surface area (Å²) in [7, 11) is 2.04. The molecular weight excluding hydrogens is 246 g/mol. The summed E-state index contributed by atoms with van der Waals surface area (Å²) < 4.78 is 6.30. The fourth-order valence-electron chi connectivity index (χ4n) is 3.00. The Balaban J connectivity index is 2.12. The van der Waals surface area contributed by atoms with Gasteiger partial charge in [0.25, 0.3) is 0 Å². The van der Waals surface area contributed by atoms with Gasteiger partial charge in [-0.05, 0) is 55.3 Å². The first-order chi connectivity index (χ1) is 9.40. The average molecular weight is 275 g/mol. The lowest BCUT2D eigenvalue weighted by Gasteiger charge is -2.35. The molecule has 0 aromatic heterocycles. The van der Waals surface area contributed by atoms with Gasteiger partial charge in [-0.25, -0.2) is 0 Å². The third-order valence-corrected chi connectivity index (χ3v) is 4.41. The van der Waals surface area contributed by atoms with Gasteiger partial charge in [0.1, 0.15) is 11.9 Å². The van der Waals surface area contributed by atoms with Crippen molar-refractivity contribution in [3.05, 3.63) is 29.8 Å². The standard InChI is InChI=1S/C18H29NO/c1-13-9-10-16(19-5)17(11-13)20-15-8-6-7-14(12-15)18(2,3)4/h6-8,12-13,16-17,19H,9-11H2,1-5H3. The maximum absolute atomic E-state index is 6.30. The molecule has 1 aromatic carbocycles. The highest BCUT2D eigenvalue weighted by molar-refractivity contribution is 5.32. The van der Waals surface area contributed by atoms with E-state index in [9.17, 15) is 0 Å². The normalized spacial score (nSPS) is 27.4. The van der Waals surface area contributed by atoms with Crippen LogP contribution in [-0.4, -0.2) is 19.2 Å². The van der Waals surface area contributed by atoms with Crippen LogP contribution in [0.25, 0.3) is 0 Å². The fraction of sp³-hybridized carbons (Fsp3) is 0.667. The molecule has 0 amide bonds. The second-order valence-corrected chi connectivity index (χ2v) is 7.25. The summed E-state index contributed by atoms with van der Waals surface area (Å²) in [4.78, 5) is 0. The molecule has 1 N–H and O–H groups in total. The van der Waals surface area contributed by atoms with Crippen LogP contribution in [0.4, 0.5) is 0 Å². The molecule has 0 aliphatic heterocycles. The Morgan fingerprint density at radius 1 is 1.20 bits per heavy atom. The molecule has 20 heavy (non-hydrogen) atoms. The Labute approximate surface area is 123 Å². The van der Waals surface area contributed by atoms with Gasteiger partial charge in [0.05, 0.1) is 0 Å². The number of hydrogen-bond donors (Lipinski definition) is 1. The Morgan fingerprint density at radius 3 is 2.60 bits per heavy atom. The first-order valence-electron chi connectivity index (χ1n) is 7.84. The minimum atomic E-state index is 0.168. The summed E-state index contributed by atoms with van der Waals surface area (Å²) in [5.74, 6) is 1.77. The lowest BCUT2D eigenvalue weighted by atomic mass is 9.85. The van der Waals surface area contributed by atoms with Crippen molar-refractivity contribution in [3.63, 3.8) is 0 Å². The van der Waals surface area contributed by atoms with Crippen LogP contribution in [0, 0.1) is 5.92 Å². The molecule has 0 spiro atoms. The first-order valence-corrected chi connectivity index (χ1v) is 7.84. The van der Waals surface area contributed by atoms with Crippen LogP contribution >= 0.6 is 0 Å². The quantitative estimate of drug-likeness (QED) is 0.895. The molecule has 0 bridgehead atoms. The maximum Gasteiger partial charge on any atom is 0.120 e. The predicted molar refractivity (Wildman–Crippen MR) is 85.4 cm³/mol. The van der Waals surface area contributed by atoms with Crippen molar-refractivity contribution in [1.29, 1.82) is 0 Å². The first kappa shape index (κ1) is 15.4. The van der Waals surface area contributed by atoms with Crippen LogP contribution in [0.2, 0.25) is 0 Å². The van der Waals surface area contributed by atoms with E-state index < -0.39 is 0 Å². The van der Waals surface area contributed by atoms with E-state index in [2.05, 4.69) is 57.3 Å². The van der Waals surface area contributed by atoms with Gasteiger partial charge in [-0.3, -0.25) is 0 Å². The van der Waals surface area contributed by atoms with Gasteiger partial charge in [-0.2, -0.15) is 0 Å². The van der Waals surface area contributed by atoms with Gasteiger partial charge < -0.3 is 10.1 Å². The molecule has 1 aliphatic carbocycles. The third kappa shape index (κ3) is 3.76. The van der Waals surface area contributed by atoms with Crippen molar-refractivity contribution >= 4 is 0 Å². The summed E-state index contributed by atoms with van der Waals surface area (Å²) in [5, 5.41) is 3.41. The van der Waals surface area contributed by atoms with Gasteiger partial charge in [0, 0.05) is 6.04 Å². The summed E-state index contributed by atoms with van der Waals surface area (Å²) in [6.45, 7) is 9.05. The second-order valence-electron chi connectivity index (χ2n) is 7.25. The van der Waals surface area contributed by atoms with Gasteiger partial charge in [0.15, 0.2) is 0 Å². The Morgan fingerprint density at radius 2 is 1.95 bits per heavy atom. The molecular formula is C18H29NO. The van der Waals surface area contributed by atoms with E-state index in [4.69, 9.17) is 4.74 Å². The molecule has 0 saturated heterocycles. The zero-order chi connectivity index (χ0) is 14.8. The molecule has 1 saturated carbocycles. The van der Waals surface area contributed by atoms with Crippen molar-refractivity contribution in [3.8, 4) is 5.75 Å². The van der Waals surface area contributed by atoms with E-state index in [1.807, 2.05) is 7.05 Å². The second kappa shape index (κ2) is 6.17. The zero-order valence-electron chi connectivity index (χ0n) is 13.6. The van der Waals surface area contributed by atoms with Crippen LogP contribution in [-0.2, 0) is 5.41 Å². The topological polar surface area (TPSA) is 21.3 Å². The highest BCUT2D eigenvalue weighted by Gasteiger charge is 2.29. The highest BCUT2D eigenvalue weighted by atomic mass is 16.5. The van der Waals surface area contributed by atoms with Crippen LogP contribution < -0.4 is 10.1 Å². The molecule has 112 valence electrons. The number of rotatable bonds is 3. The number of nitrogens with one attached hydrogen (secondary N) is 1. The van der Waals surface area contributed by atoms with Crippen molar-refractivity contribution in [2.75, 3.05) is 7.05 Å². The third-order valence-electron chi connectivity index (χ3n) is 4.41. The van der Waals surface area contributed by atoms with Crippen molar-refractivity contribution < 1.29 is 4.74 Å². The van der Waals surface area contributed by atoms with Crippen LogP contribution in [0.15, 0.2) is 24.3 Å². The minimum absolute atomic E-state index is 0.168. The van der Waals surface area contributed by atoms with Crippen molar-refractivity contribution in [2.24, 2.45) is 5.92 Å². The largest absolute Gasteiger partial charge is 0.489 e. The van der Waals surface area contributed by atoms with E-state index in [0.29, 0.717) is 12.1 Å². The van der Waals surface area contributed by atoms with Gasteiger partial charge in [-0.15, -0.1) is 0 Å². The van der Waals surface area contributed by atoms with Crippen LogP contribution in [0.1, 0.15) is 52.5 Å². The number of benzene rings is 1. The summed E-state index contributed by atoms with van der Waals surface area (Å²) in [6, 6.07) is 9.06. The van der Waals surface area contributed by atoms with E-state index in [0.717, 1.165) is 18.1 Å². The molecule has 1 aliphatic rings. The van der Waals surface area contributed by atoms with E-state index in [1.165, 1.54) is 18.4 Å². The molecule has 2 nitrogen and oxygen atoms in total. The zero-order valence-corrected chi connectivity index (χ0v) is 13.6. The number of likely N-dealkylation sites (N-methyl/N-ethyl adjacent to an activating group) is 1. The smallest absolute Gasteiger partial charge is 0.120 e. The van der Waals surface area contributed by atoms with Crippen LogP contribution in [0.3, 0.4) is 0 Å². The lowest BCUT2D eigenvalue weighted by Crippen LogP contribution is -2.45. The van der Waals surface area contributed by atoms with E-state index in [1.54, 1.807) is 0 Å². The molecule has 0 radical (unpaired) electrons. The predicted octanol–water partition coefficient (Wildman–Crippen LogP) is 4.14. The fourth-order valence-corrected chi connectivity index (χ4v) is 3.00. The maximum atomic E-state index is 6.30. The molecule has 2 heteroatoms. The van der Waals surface area contributed by atoms with E-state index in [-0.39, 0.29) is 5.41 Å².